The van der Waals surface area contributed by atoms with Gasteiger partial charge in [0.2, 0.25) is 0 Å². The average molecular weight is 334 g/mol. The highest BCUT2D eigenvalue weighted by Gasteiger charge is 2.45. The molecule has 2 saturated heterocycles. The highest BCUT2D eigenvalue weighted by atomic mass is 16.8. The van der Waals surface area contributed by atoms with Crippen molar-refractivity contribution in [1.82, 2.24) is 0 Å². The van der Waals surface area contributed by atoms with Gasteiger partial charge in [-0.15, -0.1) is 0 Å². The van der Waals surface area contributed by atoms with E-state index in [1.54, 1.807) is 0 Å². The molecule has 0 saturated carbocycles. The van der Waals surface area contributed by atoms with Gasteiger partial charge >= 0.3 is 5.97 Å². The Morgan fingerprint density at radius 3 is 2.54 bits per heavy atom. The largest absolute Gasteiger partial charge is 0.460 e. The molecule has 5 nitrogen and oxygen atoms in total. The summed E-state index contributed by atoms with van der Waals surface area (Å²) in [6, 6.07) is 9.84. The number of ether oxygens (including phenoxy) is 4. The molecule has 2 aliphatic heterocycles. The van der Waals surface area contributed by atoms with Crippen molar-refractivity contribution in [3.63, 3.8) is 0 Å². The summed E-state index contributed by atoms with van der Waals surface area (Å²) in [6.07, 6.45) is 1.48. The lowest BCUT2D eigenvalue weighted by Crippen LogP contribution is -2.42. The maximum atomic E-state index is 12.2. The summed E-state index contributed by atoms with van der Waals surface area (Å²) in [4.78, 5) is 12.2. The highest BCUT2D eigenvalue weighted by molar-refractivity contribution is 5.75. The van der Waals surface area contributed by atoms with Crippen molar-refractivity contribution in [3.8, 4) is 0 Å². The predicted molar refractivity (Wildman–Crippen MR) is 88.3 cm³/mol. The SMILES string of the molecule is CC1(C)OC[C@@](C)(C[C@@H]2CC[C@@H](OCc3ccccc3)C(=O)O2)O1. The van der Waals surface area contributed by atoms with Crippen molar-refractivity contribution in [3.05, 3.63) is 35.9 Å². The maximum Gasteiger partial charge on any atom is 0.335 e. The summed E-state index contributed by atoms with van der Waals surface area (Å²) in [5.74, 6) is -0.849. The van der Waals surface area contributed by atoms with Gasteiger partial charge in [0.1, 0.15) is 6.10 Å². The molecule has 0 unspecified atom stereocenters. The second kappa shape index (κ2) is 6.82. The fourth-order valence-corrected chi connectivity index (χ4v) is 3.38. The third-order valence-electron chi connectivity index (χ3n) is 4.47. The Bertz CT molecular complexity index is 570. The molecule has 3 rings (SSSR count). The van der Waals surface area contributed by atoms with Crippen LogP contribution in [0.25, 0.3) is 0 Å². The van der Waals surface area contributed by atoms with Gasteiger partial charge in [0.05, 0.1) is 18.8 Å². The van der Waals surface area contributed by atoms with Crippen LogP contribution >= 0.6 is 0 Å². The summed E-state index contributed by atoms with van der Waals surface area (Å²) >= 11 is 0. The minimum Gasteiger partial charge on any atom is -0.460 e. The van der Waals surface area contributed by atoms with Gasteiger partial charge in [-0.25, -0.2) is 4.79 Å². The molecule has 1 aromatic rings. The molecule has 0 amide bonds. The second-order valence-corrected chi connectivity index (χ2v) is 7.37. The van der Waals surface area contributed by atoms with E-state index >= 15 is 0 Å². The summed E-state index contributed by atoms with van der Waals surface area (Å²) in [5.41, 5.74) is 0.644. The van der Waals surface area contributed by atoms with Crippen LogP contribution in [0.2, 0.25) is 0 Å². The molecule has 0 radical (unpaired) electrons. The standard InChI is InChI=1S/C19H26O5/c1-18(2)22-13-19(3,24-18)11-15-9-10-16(17(20)23-15)21-12-14-7-5-4-6-8-14/h4-8,15-16H,9-13H2,1-3H3/t15-,16+,19+/m0/s1. The van der Waals surface area contributed by atoms with Gasteiger partial charge in [0, 0.05) is 6.42 Å². The predicted octanol–water partition coefficient (Wildman–Crippen LogP) is 3.21. The zero-order valence-corrected chi connectivity index (χ0v) is 14.6. The van der Waals surface area contributed by atoms with Gasteiger partial charge in [-0.05, 0) is 39.2 Å². The molecule has 0 aromatic heterocycles. The van der Waals surface area contributed by atoms with E-state index in [-0.39, 0.29) is 12.1 Å². The molecule has 0 aliphatic carbocycles. The van der Waals surface area contributed by atoms with Gasteiger partial charge in [-0.1, -0.05) is 30.3 Å². The zero-order chi connectivity index (χ0) is 17.2. The molecule has 5 heteroatoms. The smallest absolute Gasteiger partial charge is 0.335 e. The molecule has 0 spiro atoms. The van der Waals surface area contributed by atoms with E-state index in [9.17, 15) is 4.79 Å². The van der Waals surface area contributed by atoms with Crippen LogP contribution in [-0.2, 0) is 30.3 Å². The van der Waals surface area contributed by atoms with Crippen LogP contribution in [0.4, 0.5) is 0 Å². The molecular weight excluding hydrogens is 308 g/mol. The molecule has 2 aliphatic rings. The fraction of sp³-hybridized carbons (Fsp3) is 0.632. The zero-order valence-electron chi connectivity index (χ0n) is 14.6. The van der Waals surface area contributed by atoms with Crippen LogP contribution in [0.15, 0.2) is 30.3 Å². The topological polar surface area (TPSA) is 54.0 Å². The molecule has 2 fully saturated rings. The van der Waals surface area contributed by atoms with Crippen LogP contribution in [-0.4, -0.2) is 36.2 Å². The fourth-order valence-electron chi connectivity index (χ4n) is 3.38. The molecular formula is C19H26O5. The Morgan fingerprint density at radius 1 is 1.17 bits per heavy atom. The minimum atomic E-state index is -0.575. The summed E-state index contributed by atoms with van der Waals surface area (Å²) in [5, 5.41) is 0. The van der Waals surface area contributed by atoms with Gasteiger partial charge in [-0.2, -0.15) is 0 Å². The normalized spacial score (nSPS) is 32.5. The number of rotatable bonds is 5. The Morgan fingerprint density at radius 2 is 1.92 bits per heavy atom. The number of carbonyl (C=O) groups excluding carboxylic acids is 1. The Balaban J connectivity index is 1.48. The van der Waals surface area contributed by atoms with E-state index in [4.69, 9.17) is 18.9 Å². The Hall–Kier alpha value is -1.43. The number of esters is 1. The first-order valence-corrected chi connectivity index (χ1v) is 8.55. The summed E-state index contributed by atoms with van der Waals surface area (Å²) in [6.45, 7) is 6.75. The number of hydrogen-bond donors (Lipinski definition) is 0. The van der Waals surface area contributed by atoms with Crippen LogP contribution < -0.4 is 0 Å². The van der Waals surface area contributed by atoms with E-state index in [0.717, 1.165) is 12.0 Å². The maximum absolute atomic E-state index is 12.2. The Labute approximate surface area is 143 Å². The Kier molecular flexibility index (Phi) is 4.95. The van der Waals surface area contributed by atoms with Gasteiger partial charge in [-0.3, -0.25) is 0 Å². The lowest BCUT2D eigenvalue weighted by molar-refractivity contribution is -0.183. The van der Waals surface area contributed by atoms with Crippen molar-refractivity contribution in [2.24, 2.45) is 0 Å². The van der Waals surface area contributed by atoms with Crippen molar-refractivity contribution >= 4 is 5.97 Å². The average Bonchev–Trinajstić information content (AvgIpc) is 2.81. The van der Waals surface area contributed by atoms with Crippen molar-refractivity contribution < 1.29 is 23.7 Å². The van der Waals surface area contributed by atoms with Crippen molar-refractivity contribution in [1.29, 1.82) is 0 Å². The first kappa shape index (κ1) is 17.4. The number of cyclic esters (lactones) is 1. The molecule has 0 N–H and O–H groups in total. The van der Waals surface area contributed by atoms with Crippen molar-refractivity contribution in [2.45, 2.75) is 70.2 Å². The highest BCUT2D eigenvalue weighted by Crippen LogP contribution is 2.36. The lowest BCUT2D eigenvalue weighted by atomic mass is 9.94. The van der Waals surface area contributed by atoms with Crippen LogP contribution in [0, 0.1) is 0 Å². The van der Waals surface area contributed by atoms with E-state index in [1.165, 1.54) is 0 Å². The first-order valence-electron chi connectivity index (χ1n) is 8.55. The molecule has 3 atom stereocenters. The second-order valence-electron chi connectivity index (χ2n) is 7.37. The molecule has 1 aromatic carbocycles. The molecule has 132 valence electrons. The lowest BCUT2D eigenvalue weighted by Gasteiger charge is -2.33. The molecule has 24 heavy (non-hydrogen) atoms. The van der Waals surface area contributed by atoms with E-state index < -0.39 is 17.5 Å². The first-order chi connectivity index (χ1) is 11.4. The van der Waals surface area contributed by atoms with Gasteiger partial charge in [0.15, 0.2) is 11.9 Å². The van der Waals surface area contributed by atoms with Gasteiger partial charge in [0.25, 0.3) is 0 Å². The van der Waals surface area contributed by atoms with Crippen LogP contribution in [0.1, 0.15) is 45.6 Å². The summed E-state index contributed by atoms with van der Waals surface area (Å²) < 4.78 is 22.9. The monoisotopic (exact) mass is 334 g/mol. The van der Waals surface area contributed by atoms with E-state index in [2.05, 4.69) is 0 Å². The van der Waals surface area contributed by atoms with Crippen LogP contribution in [0.5, 0.6) is 0 Å². The summed E-state index contributed by atoms with van der Waals surface area (Å²) in [7, 11) is 0. The third kappa shape index (κ3) is 4.35. The number of hydrogen-bond acceptors (Lipinski definition) is 5. The van der Waals surface area contributed by atoms with Crippen molar-refractivity contribution in [2.75, 3.05) is 6.61 Å². The molecule has 0 bridgehead atoms. The molecule has 2 heterocycles. The van der Waals surface area contributed by atoms with Crippen LogP contribution in [0.3, 0.4) is 0 Å². The van der Waals surface area contributed by atoms with E-state index in [1.807, 2.05) is 51.1 Å². The minimum absolute atomic E-state index is 0.142. The van der Waals surface area contributed by atoms with Gasteiger partial charge < -0.3 is 18.9 Å². The quantitative estimate of drug-likeness (QED) is 0.774. The third-order valence-corrected chi connectivity index (χ3v) is 4.47. The number of benzene rings is 1. The number of carbonyl (C=O) groups is 1. The van der Waals surface area contributed by atoms with E-state index in [0.29, 0.717) is 26.1 Å².